The van der Waals surface area contributed by atoms with E-state index in [9.17, 15) is 8.42 Å². The van der Waals surface area contributed by atoms with Crippen LogP contribution in [0.3, 0.4) is 0 Å². The van der Waals surface area contributed by atoms with Gasteiger partial charge >= 0.3 is 29.6 Å². The fourth-order valence-corrected chi connectivity index (χ4v) is 1.65. The van der Waals surface area contributed by atoms with Gasteiger partial charge in [-0.15, -0.1) is 0 Å². The largest absolute Gasteiger partial charge is 1.00 e. The Morgan fingerprint density at radius 2 is 2.10 bits per heavy atom. The van der Waals surface area contributed by atoms with Crippen molar-refractivity contribution in [1.29, 1.82) is 0 Å². The van der Waals surface area contributed by atoms with Crippen LogP contribution in [0.5, 0.6) is 0 Å². The third-order valence-corrected chi connectivity index (χ3v) is 2.49. The maximum atomic E-state index is 10.1. The van der Waals surface area contributed by atoms with E-state index in [1.807, 2.05) is 6.92 Å². The van der Waals surface area contributed by atoms with Crippen LogP contribution in [0.15, 0.2) is 0 Å². The zero-order valence-corrected chi connectivity index (χ0v) is 9.82. The molecule has 0 radical (unpaired) electrons. The van der Waals surface area contributed by atoms with Gasteiger partial charge in [0, 0.05) is 5.25 Å². The van der Waals surface area contributed by atoms with Gasteiger partial charge in [0.15, 0.2) is 0 Å². The van der Waals surface area contributed by atoms with E-state index in [0.29, 0.717) is 6.42 Å². The van der Waals surface area contributed by atoms with Crippen LogP contribution >= 0.6 is 12.6 Å². The molecule has 0 amide bonds. The third-order valence-electron chi connectivity index (χ3n) is 0.874. The van der Waals surface area contributed by atoms with Crippen molar-refractivity contribution in [3.8, 4) is 0 Å². The zero-order chi connectivity index (χ0) is 7.49. The van der Waals surface area contributed by atoms with Gasteiger partial charge in [0.2, 0.25) is 0 Å². The molecule has 58 valence electrons. The summed E-state index contributed by atoms with van der Waals surface area (Å²) in [6.45, 7) is 1.81. The van der Waals surface area contributed by atoms with E-state index in [1.165, 1.54) is 0 Å². The Morgan fingerprint density at radius 1 is 1.70 bits per heavy atom. The summed E-state index contributed by atoms with van der Waals surface area (Å²) in [5.74, 6) is -0.257. The fraction of sp³-hybridized carbons (Fsp3) is 1.00. The molecule has 0 saturated heterocycles. The molecular weight excluding hydrogens is 183 g/mol. The topological polar surface area (TPSA) is 54.4 Å². The van der Waals surface area contributed by atoms with Gasteiger partial charge in [-0.2, -0.15) is 21.0 Å². The maximum absolute atomic E-state index is 10.1. The Hall–Kier alpha value is 1.26. The van der Waals surface area contributed by atoms with Crippen molar-refractivity contribution in [1.82, 2.24) is 0 Å². The summed E-state index contributed by atoms with van der Waals surface area (Å²) < 4.78 is 28.5. The minimum atomic E-state index is -3.81. The normalized spacial score (nSPS) is 13.9. The Bertz CT molecular complexity index is 170. The molecule has 0 saturated carbocycles. The molecule has 10 heavy (non-hydrogen) atoms. The van der Waals surface area contributed by atoms with Crippen LogP contribution in [0, 0.1) is 0 Å². The number of hydrogen-bond acceptors (Lipinski definition) is 3. The quantitative estimate of drug-likeness (QED) is 0.302. The summed E-state index contributed by atoms with van der Waals surface area (Å²) in [4.78, 5) is 0. The van der Waals surface area contributed by atoms with Crippen LogP contribution in [-0.2, 0) is 10.1 Å². The molecule has 1 atom stereocenters. The number of hydrogen-bond donors (Lipinski definition) is 2. The molecule has 3 nitrogen and oxygen atoms in total. The predicted octanol–water partition coefficient (Wildman–Crippen LogP) is -2.30. The molecule has 0 bridgehead atoms. The number of thiol groups is 1. The Kier molecular flexibility index (Phi) is 8.09. The van der Waals surface area contributed by atoms with Gasteiger partial charge in [-0.05, 0) is 6.42 Å². The molecule has 0 aromatic carbocycles. The molecular formula is C4H11NaO3S2. The van der Waals surface area contributed by atoms with Crippen LogP contribution < -0.4 is 29.6 Å². The summed E-state index contributed by atoms with van der Waals surface area (Å²) >= 11 is 3.88. The fourth-order valence-electron chi connectivity index (χ4n) is 0.361. The van der Waals surface area contributed by atoms with E-state index >= 15 is 0 Å². The van der Waals surface area contributed by atoms with Crippen molar-refractivity contribution in [2.24, 2.45) is 0 Å². The van der Waals surface area contributed by atoms with Crippen molar-refractivity contribution in [2.45, 2.75) is 18.6 Å². The van der Waals surface area contributed by atoms with Gasteiger partial charge in [-0.25, -0.2) is 0 Å². The van der Waals surface area contributed by atoms with Gasteiger partial charge in [-0.3, -0.25) is 4.55 Å². The monoisotopic (exact) mass is 194 g/mol. The average molecular weight is 194 g/mol. The first kappa shape index (κ1) is 13.8. The van der Waals surface area contributed by atoms with Crippen molar-refractivity contribution >= 4 is 22.7 Å². The Labute approximate surface area is 90.5 Å². The predicted molar refractivity (Wildman–Crippen MR) is 40.6 cm³/mol. The van der Waals surface area contributed by atoms with Gasteiger partial charge in [0.25, 0.3) is 10.1 Å². The summed E-state index contributed by atoms with van der Waals surface area (Å²) in [6, 6.07) is 0. The van der Waals surface area contributed by atoms with Crippen LogP contribution in [0.1, 0.15) is 14.8 Å². The Morgan fingerprint density at radius 3 is 2.20 bits per heavy atom. The molecule has 0 rings (SSSR count). The van der Waals surface area contributed by atoms with Crippen LogP contribution in [0.2, 0.25) is 0 Å². The van der Waals surface area contributed by atoms with E-state index in [0.717, 1.165) is 0 Å². The second-order valence-electron chi connectivity index (χ2n) is 1.81. The molecule has 0 spiro atoms. The van der Waals surface area contributed by atoms with Crippen molar-refractivity contribution in [3.05, 3.63) is 0 Å². The first-order chi connectivity index (χ1) is 3.95. The minimum Gasteiger partial charge on any atom is -1.00 e. The SMILES string of the molecule is CCC(S)CS(=O)(=O)O.[H-].[Na+]. The maximum Gasteiger partial charge on any atom is 1.00 e. The van der Waals surface area contributed by atoms with Crippen LogP contribution in [0.4, 0.5) is 0 Å². The molecule has 6 heteroatoms. The van der Waals surface area contributed by atoms with E-state index in [4.69, 9.17) is 4.55 Å². The summed E-state index contributed by atoms with van der Waals surface area (Å²) in [6.07, 6.45) is 0.642. The first-order valence-corrected chi connectivity index (χ1v) is 4.71. The van der Waals surface area contributed by atoms with Crippen molar-refractivity contribution in [3.63, 3.8) is 0 Å². The molecule has 0 heterocycles. The van der Waals surface area contributed by atoms with E-state index < -0.39 is 10.1 Å². The molecule has 1 unspecified atom stereocenters. The second-order valence-corrected chi connectivity index (χ2v) is 4.04. The van der Waals surface area contributed by atoms with E-state index in [1.54, 1.807) is 0 Å². The first-order valence-electron chi connectivity index (χ1n) is 2.59. The van der Waals surface area contributed by atoms with Gasteiger partial charge < -0.3 is 1.43 Å². The van der Waals surface area contributed by atoms with Gasteiger partial charge in [0.05, 0.1) is 5.75 Å². The molecule has 0 aliphatic carbocycles. The van der Waals surface area contributed by atoms with Crippen LogP contribution in [-0.4, -0.2) is 24.0 Å². The van der Waals surface area contributed by atoms with Crippen molar-refractivity contribution < 1.29 is 44.0 Å². The zero-order valence-electron chi connectivity index (χ0n) is 7.11. The Balaban J connectivity index is -0.000000320. The van der Waals surface area contributed by atoms with E-state index in [-0.39, 0.29) is 42.0 Å². The van der Waals surface area contributed by atoms with E-state index in [2.05, 4.69) is 12.6 Å². The molecule has 0 aromatic heterocycles. The second kappa shape index (κ2) is 5.85. The standard InChI is InChI=1S/C4H10O3S2.Na.H/c1-2-4(8)3-9(5,6)7;;/h4,8H,2-3H2,1H3,(H,5,6,7);;/q;+1;-1. The molecule has 1 N–H and O–H groups in total. The summed E-state index contributed by atoms with van der Waals surface area (Å²) in [5.41, 5.74) is 0. The third kappa shape index (κ3) is 9.26. The molecule has 0 aromatic rings. The average Bonchev–Trinajstić information content (AvgIpc) is 1.62. The summed E-state index contributed by atoms with van der Waals surface area (Å²) in [7, 11) is -3.81. The minimum absolute atomic E-state index is 0. The number of rotatable bonds is 3. The summed E-state index contributed by atoms with van der Waals surface area (Å²) in [5, 5.41) is -0.250. The van der Waals surface area contributed by atoms with Crippen molar-refractivity contribution in [2.75, 3.05) is 5.75 Å². The van der Waals surface area contributed by atoms with Gasteiger partial charge in [0.1, 0.15) is 0 Å². The molecule has 0 fully saturated rings. The van der Waals surface area contributed by atoms with Gasteiger partial charge in [-0.1, -0.05) is 6.92 Å². The molecule has 0 aliphatic rings. The smallest absolute Gasteiger partial charge is 1.00 e. The van der Waals surface area contributed by atoms with Crippen LogP contribution in [0.25, 0.3) is 0 Å². The molecule has 0 aliphatic heterocycles.